The smallest absolute Gasteiger partial charge is 0.249 e. The molecule has 116 valence electrons. The van der Waals surface area contributed by atoms with E-state index in [-0.39, 0.29) is 5.91 Å². The molecule has 23 heavy (non-hydrogen) atoms. The van der Waals surface area contributed by atoms with Gasteiger partial charge in [0.1, 0.15) is 23.6 Å². The summed E-state index contributed by atoms with van der Waals surface area (Å²) >= 11 is 0. The molecule has 0 radical (unpaired) electrons. The van der Waals surface area contributed by atoms with Gasteiger partial charge in [-0.05, 0) is 43.5 Å². The van der Waals surface area contributed by atoms with Gasteiger partial charge in [0.2, 0.25) is 5.91 Å². The molecule has 2 heterocycles. The van der Waals surface area contributed by atoms with Crippen LogP contribution in [0.15, 0.2) is 36.4 Å². The zero-order chi connectivity index (χ0) is 16.4. The number of benzene rings is 1. The number of fused-ring (bicyclic) bond motifs is 1. The molecule has 3 rings (SSSR count). The summed E-state index contributed by atoms with van der Waals surface area (Å²) in [6, 6.07) is 13.2. The van der Waals surface area contributed by atoms with E-state index in [9.17, 15) is 4.79 Å². The predicted octanol–water partition coefficient (Wildman–Crippen LogP) is 2.65. The maximum Gasteiger partial charge on any atom is 0.249 e. The van der Waals surface area contributed by atoms with Gasteiger partial charge >= 0.3 is 0 Å². The van der Waals surface area contributed by atoms with E-state index in [0.717, 1.165) is 17.7 Å². The first kappa shape index (κ1) is 15.0. The number of nitrogens with zero attached hydrogens (tertiary/aromatic N) is 3. The highest BCUT2D eigenvalue weighted by Crippen LogP contribution is 2.28. The molecular formula is C18H18N4O. The van der Waals surface area contributed by atoms with E-state index in [1.165, 1.54) is 5.56 Å². The van der Waals surface area contributed by atoms with E-state index < -0.39 is 6.04 Å². The maximum absolute atomic E-state index is 12.7. The number of hydrogen-bond acceptors (Lipinski definition) is 4. The van der Waals surface area contributed by atoms with E-state index in [0.29, 0.717) is 18.1 Å². The topological polar surface area (TPSA) is 69.0 Å². The van der Waals surface area contributed by atoms with Gasteiger partial charge in [0.05, 0.1) is 0 Å². The SMILES string of the molecule is Cc1ccc(NC(C)C(=O)N2CCc3ccccc32)nc1C#N. The molecule has 1 amide bonds. The lowest BCUT2D eigenvalue weighted by atomic mass is 10.2. The molecule has 0 fully saturated rings. The molecule has 0 spiro atoms. The van der Waals surface area contributed by atoms with Gasteiger partial charge in [-0.3, -0.25) is 4.79 Å². The molecule has 1 unspecified atom stereocenters. The summed E-state index contributed by atoms with van der Waals surface area (Å²) in [6.07, 6.45) is 0.885. The predicted molar refractivity (Wildman–Crippen MR) is 89.3 cm³/mol. The number of pyridine rings is 1. The largest absolute Gasteiger partial charge is 0.359 e. The lowest BCUT2D eigenvalue weighted by molar-refractivity contribution is -0.118. The van der Waals surface area contributed by atoms with Crippen molar-refractivity contribution in [1.29, 1.82) is 5.26 Å². The van der Waals surface area contributed by atoms with Crippen molar-refractivity contribution in [2.24, 2.45) is 0 Å². The second-order valence-corrected chi connectivity index (χ2v) is 5.71. The number of aromatic nitrogens is 1. The van der Waals surface area contributed by atoms with Crippen molar-refractivity contribution in [3.05, 3.63) is 53.2 Å². The number of hydrogen-bond donors (Lipinski definition) is 1. The Morgan fingerprint density at radius 3 is 2.91 bits per heavy atom. The first-order chi connectivity index (χ1) is 11.1. The Morgan fingerprint density at radius 1 is 1.35 bits per heavy atom. The molecule has 5 nitrogen and oxygen atoms in total. The van der Waals surface area contributed by atoms with Gasteiger partial charge in [0, 0.05) is 12.2 Å². The molecule has 0 aliphatic carbocycles. The minimum absolute atomic E-state index is 0.0100. The number of aryl methyl sites for hydroxylation is 1. The molecule has 1 N–H and O–H groups in total. The number of carbonyl (C=O) groups excluding carboxylic acids is 1. The highest BCUT2D eigenvalue weighted by Gasteiger charge is 2.27. The zero-order valence-electron chi connectivity index (χ0n) is 13.2. The minimum atomic E-state index is -0.414. The molecule has 1 atom stereocenters. The van der Waals surface area contributed by atoms with Crippen LogP contribution in [0.5, 0.6) is 0 Å². The van der Waals surface area contributed by atoms with Crippen LogP contribution in [-0.4, -0.2) is 23.5 Å². The number of carbonyl (C=O) groups is 1. The van der Waals surface area contributed by atoms with Crippen molar-refractivity contribution >= 4 is 17.4 Å². The van der Waals surface area contributed by atoms with Crippen LogP contribution in [0.4, 0.5) is 11.5 Å². The molecule has 0 saturated carbocycles. The third-order valence-corrected chi connectivity index (χ3v) is 4.09. The summed E-state index contributed by atoms with van der Waals surface area (Å²) in [5, 5.41) is 12.2. The third-order valence-electron chi connectivity index (χ3n) is 4.09. The fourth-order valence-electron chi connectivity index (χ4n) is 2.81. The highest BCUT2D eigenvalue weighted by molar-refractivity contribution is 6.00. The van der Waals surface area contributed by atoms with Crippen molar-refractivity contribution in [3.63, 3.8) is 0 Å². The van der Waals surface area contributed by atoms with Crippen molar-refractivity contribution in [1.82, 2.24) is 4.98 Å². The van der Waals surface area contributed by atoms with Gasteiger partial charge in [-0.1, -0.05) is 24.3 Å². The molecule has 1 aromatic heterocycles. The first-order valence-electron chi connectivity index (χ1n) is 7.63. The first-order valence-corrected chi connectivity index (χ1v) is 7.63. The summed E-state index contributed by atoms with van der Waals surface area (Å²) in [4.78, 5) is 18.8. The van der Waals surface area contributed by atoms with Crippen LogP contribution in [0.1, 0.15) is 23.7 Å². The Hall–Kier alpha value is -2.87. The summed E-state index contributed by atoms with van der Waals surface area (Å²) in [5.41, 5.74) is 3.39. The van der Waals surface area contributed by atoms with Crippen LogP contribution < -0.4 is 10.2 Å². The Kier molecular flexibility index (Phi) is 3.98. The Labute approximate surface area is 135 Å². The van der Waals surface area contributed by atoms with E-state index in [2.05, 4.69) is 22.4 Å². The second-order valence-electron chi connectivity index (χ2n) is 5.71. The van der Waals surface area contributed by atoms with Gasteiger partial charge in [0.25, 0.3) is 0 Å². The monoisotopic (exact) mass is 306 g/mol. The molecule has 1 aliphatic rings. The fourth-order valence-corrected chi connectivity index (χ4v) is 2.81. The van der Waals surface area contributed by atoms with Crippen LogP contribution in [0.2, 0.25) is 0 Å². The van der Waals surface area contributed by atoms with Gasteiger partial charge in [-0.2, -0.15) is 5.26 Å². The summed E-state index contributed by atoms with van der Waals surface area (Å²) in [5.74, 6) is 0.552. The molecule has 1 aliphatic heterocycles. The fraction of sp³-hybridized carbons (Fsp3) is 0.278. The summed E-state index contributed by atoms with van der Waals surface area (Å²) in [6.45, 7) is 4.36. The lowest BCUT2D eigenvalue weighted by Gasteiger charge is -2.22. The normalized spacial score (nSPS) is 14.0. The van der Waals surface area contributed by atoms with Crippen LogP contribution in [-0.2, 0) is 11.2 Å². The van der Waals surface area contributed by atoms with Crippen LogP contribution in [0, 0.1) is 18.3 Å². The molecule has 5 heteroatoms. The van der Waals surface area contributed by atoms with Crippen LogP contribution in [0.25, 0.3) is 0 Å². The van der Waals surface area contributed by atoms with E-state index in [1.807, 2.05) is 43.0 Å². The van der Waals surface area contributed by atoms with Gasteiger partial charge in [-0.15, -0.1) is 0 Å². The average Bonchev–Trinajstić information content (AvgIpc) is 2.99. The van der Waals surface area contributed by atoms with E-state index in [1.54, 1.807) is 6.07 Å². The number of rotatable bonds is 3. The third kappa shape index (κ3) is 2.88. The van der Waals surface area contributed by atoms with Gasteiger partial charge in [-0.25, -0.2) is 4.98 Å². The van der Waals surface area contributed by atoms with Crippen molar-refractivity contribution < 1.29 is 4.79 Å². The van der Waals surface area contributed by atoms with E-state index >= 15 is 0 Å². The van der Waals surface area contributed by atoms with Gasteiger partial charge in [0.15, 0.2) is 0 Å². The zero-order valence-corrected chi connectivity index (χ0v) is 13.2. The number of para-hydroxylation sites is 1. The van der Waals surface area contributed by atoms with Crippen LogP contribution in [0.3, 0.4) is 0 Å². The van der Waals surface area contributed by atoms with Crippen molar-refractivity contribution in [2.45, 2.75) is 26.3 Å². The second kappa shape index (κ2) is 6.09. The number of nitrogens with one attached hydrogen (secondary N) is 1. The van der Waals surface area contributed by atoms with Crippen molar-refractivity contribution in [3.8, 4) is 6.07 Å². The quantitative estimate of drug-likeness (QED) is 0.946. The summed E-state index contributed by atoms with van der Waals surface area (Å²) in [7, 11) is 0. The minimum Gasteiger partial charge on any atom is -0.359 e. The number of nitriles is 1. The number of amides is 1. The highest BCUT2D eigenvalue weighted by atomic mass is 16.2. The van der Waals surface area contributed by atoms with Gasteiger partial charge < -0.3 is 10.2 Å². The average molecular weight is 306 g/mol. The molecular weight excluding hydrogens is 288 g/mol. The molecule has 0 bridgehead atoms. The maximum atomic E-state index is 12.7. The molecule has 0 saturated heterocycles. The van der Waals surface area contributed by atoms with Crippen LogP contribution >= 0.6 is 0 Å². The lowest BCUT2D eigenvalue weighted by Crippen LogP contribution is -2.40. The summed E-state index contributed by atoms with van der Waals surface area (Å²) < 4.78 is 0. The Balaban J connectivity index is 1.75. The number of anilines is 2. The van der Waals surface area contributed by atoms with Crippen molar-refractivity contribution in [2.75, 3.05) is 16.8 Å². The van der Waals surface area contributed by atoms with E-state index in [4.69, 9.17) is 5.26 Å². The molecule has 2 aromatic rings. The Morgan fingerprint density at radius 2 is 2.13 bits per heavy atom. The molecule has 1 aromatic carbocycles. The standard InChI is InChI=1S/C18H18N4O/c1-12-7-8-17(21-15(12)11-19)20-13(2)18(23)22-10-9-14-5-3-4-6-16(14)22/h3-8,13H,9-10H2,1-2H3,(H,20,21). The Bertz CT molecular complexity index is 794.